The molecule has 1 atom stereocenters. The first-order chi connectivity index (χ1) is 7.33. The molecule has 1 fully saturated rings. The number of carbonyl (C=O) groups excluding carboxylic acids is 1. The molecule has 0 radical (unpaired) electrons. The van der Waals surface area contributed by atoms with E-state index in [1.54, 1.807) is 22.4 Å². The van der Waals surface area contributed by atoms with Crippen LogP contribution in [0.2, 0.25) is 0 Å². The second-order valence-corrected chi connectivity index (χ2v) is 4.35. The molecule has 1 aromatic rings. The van der Waals surface area contributed by atoms with E-state index in [0.29, 0.717) is 6.61 Å². The highest BCUT2D eigenvalue weighted by atomic mass is 32.1. The Hall–Kier alpha value is -1.10. The van der Waals surface area contributed by atoms with E-state index in [2.05, 4.69) is 4.98 Å². The van der Waals surface area contributed by atoms with Gasteiger partial charge in [-0.2, -0.15) is 0 Å². The Morgan fingerprint density at radius 3 is 3.33 bits per heavy atom. The smallest absolute Gasteiger partial charge is 0.410 e. The molecule has 0 N–H and O–H groups in total. The highest BCUT2D eigenvalue weighted by molar-refractivity contribution is 7.09. The molecule has 15 heavy (non-hydrogen) atoms. The Morgan fingerprint density at radius 2 is 2.67 bits per heavy atom. The zero-order chi connectivity index (χ0) is 10.7. The van der Waals surface area contributed by atoms with Crippen LogP contribution in [-0.2, 0) is 4.74 Å². The normalized spacial score (nSPS) is 20.6. The van der Waals surface area contributed by atoms with Crippen LogP contribution in [0.3, 0.4) is 0 Å². The lowest BCUT2D eigenvalue weighted by Gasteiger charge is -2.21. The number of rotatable bonds is 2. The van der Waals surface area contributed by atoms with Gasteiger partial charge in [0, 0.05) is 18.1 Å². The number of thiazole rings is 1. The molecule has 5 heteroatoms. The molecule has 2 heterocycles. The van der Waals surface area contributed by atoms with Crippen LogP contribution in [0.5, 0.6) is 0 Å². The molecule has 0 saturated carbocycles. The summed E-state index contributed by atoms with van der Waals surface area (Å²) in [6.07, 6.45) is 3.59. The van der Waals surface area contributed by atoms with Gasteiger partial charge < -0.3 is 4.74 Å². The lowest BCUT2D eigenvalue weighted by molar-refractivity contribution is 0.103. The second-order valence-electron chi connectivity index (χ2n) is 3.42. The van der Waals surface area contributed by atoms with Crippen molar-refractivity contribution in [3.63, 3.8) is 0 Å². The molecule has 0 bridgehead atoms. The van der Waals surface area contributed by atoms with Crippen molar-refractivity contribution in [1.82, 2.24) is 9.88 Å². The Labute approximate surface area is 92.9 Å². The van der Waals surface area contributed by atoms with Crippen molar-refractivity contribution in [3.8, 4) is 0 Å². The first-order valence-electron chi connectivity index (χ1n) is 5.15. The van der Waals surface area contributed by atoms with E-state index in [4.69, 9.17) is 4.74 Å². The molecule has 1 aliphatic heterocycles. The van der Waals surface area contributed by atoms with E-state index in [0.717, 1.165) is 24.4 Å². The van der Waals surface area contributed by atoms with Gasteiger partial charge in [0.15, 0.2) is 0 Å². The third-order valence-corrected chi connectivity index (χ3v) is 3.37. The van der Waals surface area contributed by atoms with Crippen LogP contribution in [0.15, 0.2) is 11.6 Å². The molecule has 82 valence electrons. The number of amides is 1. The third kappa shape index (κ3) is 2.12. The van der Waals surface area contributed by atoms with Gasteiger partial charge >= 0.3 is 6.09 Å². The van der Waals surface area contributed by atoms with E-state index >= 15 is 0 Å². The van der Waals surface area contributed by atoms with Gasteiger partial charge in [-0.15, -0.1) is 11.3 Å². The molecule has 4 nitrogen and oxygen atoms in total. The molecular weight excluding hydrogens is 212 g/mol. The van der Waals surface area contributed by atoms with Crippen LogP contribution in [0.25, 0.3) is 0 Å². The first-order valence-corrected chi connectivity index (χ1v) is 6.03. The second kappa shape index (κ2) is 4.61. The number of likely N-dealkylation sites (tertiary alicyclic amines) is 1. The van der Waals surface area contributed by atoms with Crippen LogP contribution in [-0.4, -0.2) is 29.1 Å². The van der Waals surface area contributed by atoms with Crippen molar-refractivity contribution in [3.05, 3.63) is 16.6 Å². The van der Waals surface area contributed by atoms with Crippen molar-refractivity contribution < 1.29 is 9.53 Å². The van der Waals surface area contributed by atoms with E-state index in [9.17, 15) is 4.79 Å². The van der Waals surface area contributed by atoms with E-state index in [-0.39, 0.29) is 12.1 Å². The summed E-state index contributed by atoms with van der Waals surface area (Å²) in [5.74, 6) is 0. The molecular formula is C10H14N2O2S. The summed E-state index contributed by atoms with van der Waals surface area (Å²) in [5, 5.41) is 2.96. The summed E-state index contributed by atoms with van der Waals surface area (Å²) in [7, 11) is 0. The maximum atomic E-state index is 11.6. The van der Waals surface area contributed by atoms with Crippen LogP contribution < -0.4 is 0 Å². The topological polar surface area (TPSA) is 42.4 Å². The van der Waals surface area contributed by atoms with E-state index < -0.39 is 0 Å². The fourth-order valence-corrected chi connectivity index (χ4v) is 2.63. The molecule has 1 amide bonds. The van der Waals surface area contributed by atoms with Crippen molar-refractivity contribution in [2.24, 2.45) is 0 Å². The largest absolute Gasteiger partial charge is 0.450 e. The predicted molar refractivity (Wildman–Crippen MR) is 57.8 cm³/mol. The van der Waals surface area contributed by atoms with Gasteiger partial charge in [0.1, 0.15) is 5.01 Å². The van der Waals surface area contributed by atoms with Crippen LogP contribution >= 0.6 is 11.3 Å². The summed E-state index contributed by atoms with van der Waals surface area (Å²) in [4.78, 5) is 17.7. The lowest BCUT2D eigenvalue weighted by Crippen LogP contribution is -2.31. The summed E-state index contributed by atoms with van der Waals surface area (Å²) in [5.41, 5.74) is 0. The van der Waals surface area contributed by atoms with Crippen molar-refractivity contribution in [2.45, 2.75) is 25.8 Å². The minimum absolute atomic E-state index is 0.129. The maximum absolute atomic E-state index is 11.6. The number of ether oxygens (including phenoxy) is 1. The first kappa shape index (κ1) is 10.4. The molecule has 1 aromatic heterocycles. The van der Waals surface area contributed by atoms with Gasteiger partial charge in [-0.05, 0) is 19.8 Å². The van der Waals surface area contributed by atoms with Crippen molar-refractivity contribution in [2.75, 3.05) is 13.2 Å². The summed E-state index contributed by atoms with van der Waals surface area (Å²) >= 11 is 1.60. The van der Waals surface area contributed by atoms with Crippen LogP contribution in [0.1, 0.15) is 30.8 Å². The third-order valence-electron chi connectivity index (χ3n) is 2.49. The standard InChI is InChI=1S/C10H14N2O2S/c1-2-14-10(13)12-6-3-4-8(12)9-11-5-7-15-9/h5,7-8H,2-4,6H2,1H3. The Morgan fingerprint density at radius 1 is 1.80 bits per heavy atom. The monoisotopic (exact) mass is 226 g/mol. The SMILES string of the molecule is CCOC(=O)N1CCCC1c1nccs1. The molecule has 2 rings (SSSR count). The number of carbonyl (C=O) groups is 1. The molecule has 0 aliphatic carbocycles. The summed E-state index contributed by atoms with van der Waals surface area (Å²) < 4.78 is 5.02. The van der Waals surface area contributed by atoms with Gasteiger partial charge in [-0.1, -0.05) is 0 Å². The Balaban J connectivity index is 2.08. The quantitative estimate of drug-likeness (QED) is 0.777. The average Bonchev–Trinajstić information content (AvgIpc) is 2.88. The number of nitrogens with zero attached hydrogens (tertiary/aromatic N) is 2. The minimum Gasteiger partial charge on any atom is -0.450 e. The molecule has 1 unspecified atom stereocenters. The summed E-state index contributed by atoms with van der Waals surface area (Å²) in [6.45, 7) is 3.04. The zero-order valence-electron chi connectivity index (χ0n) is 8.68. The Kier molecular flexibility index (Phi) is 3.20. The molecule has 1 aliphatic rings. The summed E-state index contributed by atoms with van der Waals surface area (Å²) in [6, 6.07) is 0.129. The van der Waals surface area contributed by atoms with Gasteiger partial charge in [0.05, 0.1) is 12.6 Å². The van der Waals surface area contributed by atoms with Gasteiger partial charge in [-0.25, -0.2) is 9.78 Å². The van der Waals surface area contributed by atoms with E-state index in [1.807, 2.05) is 12.3 Å². The predicted octanol–water partition coefficient (Wildman–Crippen LogP) is 2.44. The van der Waals surface area contributed by atoms with Crippen molar-refractivity contribution >= 4 is 17.4 Å². The number of hydrogen-bond donors (Lipinski definition) is 0. The fourth-order valence-electron chi connectivity index (χ4n) is 1.85. The van der Waals surface area contributed by atoms with Gasteiger partial charge in [0.25, 0.3) is 0 Å². The van der Waals surface area contributed by atoms with Crippen LogP contribution in [0.4, 0.5) is 4.79 Å². The van der Waals surface area contributed by atoms with Crippen LogP contribution in [0, 0.1) is 0 Å². The fraction of sp³-hybridized carbons (Fsp3) is 0.600. The van der Waals surface area contributed by atoms with E-state index in [1.165, 1.54) is 0 Å². The highest BCUT2D eigenvalue weighted by Crippen LogP contribution is 2.33. The maximum Gasteiger partial charge on any atom is 0.410 e. The number of hydrogen-bond acceptors (Lipinski definition) is 4. The van der Waals surface area contributed by atoms with Gasteiger partial charge in [0.2, 0.25) is 0 Å². The molecule has 0 aromatic carbocycles. The number of aromatic nitrogens is 1. The Bertz CT molecular complexity index is 326. The van der Waals surface area contributed by atoms with Crippen molar-refractivity contribution in [1.29, 1.82) is 0 Å². The molecule has 0 spiro atoms. The highest BCUT2D eigenvalue weighted by Gasteiger charge is 2.32. The molecule has 1 saturated heterocycles. The van der Waals surface area contributed by atoms with Gasteiger partial charge in [-0.3, -0.25) is 4.90 Å². The average molecular weight is 226 g/mol. The zero-order valence-corrected chi connectivity index (χ0v) is 9.50. The lowest BCUT2D eigenvalue weighted by atomic mass is 10.2. The minimum atomic E-state index is -0.213.